The maximum Gasteiger partial charge on any atom is 0.255 e. The van der Waals surface area contributed by atoms with Gasteiger partial charge in [-0.25, -0.2) is 13.1 Å². The molecule has 0 atom stereocenters. The molecule has 2 aromatic rings. The summed E-state index contributed by atoms with van der Waals surface area (Å²) in [6.07, 6.45) is 0. The number of primary amides is 1. The number of hydrogen-bond acceptors (Lipinski definition) is 4. The molecule has 0 spiro atoms. The van der Waals surface area contributed by atoms with Gasteiger partial charge in [0, 0.05) is 6.54 Å². The summed E-state index contributed by atoms with van der Waals surface area (Å²) in [5.41, 5.74) is 6.96. The molecular weight excluding hydrogens is 316 g/mol. The fourth-order valence-corrected chi connectivity index (χ4v) is 2.85. The molecule has 0 aliphatic heterocycles. The van der Waals surface area contributed by atoms with Gasteiger partial charge in [0.1, 0.15) is 5.75 Å². The van der Waals surface area contributed by atoms with Crippen molar-refractivity contribution < 1.29 is 17.9 Å². The Labute approximate surface area is 135 Å². The normalized spacial score (nSPS) is 11.2. The van der Waals surface area contributed by atoms with E-state index in [0.29, 0.717) is 5.75 Å². The Bertz CT molecular complexity index is 769. The Balaban J connectivity index is 2.01. The summed E-state index contributed by atoms with van der Waals surface area (Å²) in [4.78, 5) is 10.8. The zero-order valence-corrected chi connectivity index (χ0v) is 13.5. The van der Waals surface area contributed by atoms with Gasteiger partial charge in [-0.1, -0.05) is 29.8 Å². The first-order valence-electron chi connectivity index (χ1n) is 6.93. The number of amides is 1. The van der Waals surface area contributed by atoms with Crippen LogP contribution in [0, 0.1) is 6.92 Å². The molecule has 122 valence electrons. The summed E-state index contributed by atoms with van der Waals surface area (Å²) < 4.78 is 32.1. The average Bonchev–Trinajstić information content (AvgIpc) is 2.53. The molecule has 1 amide bonds. The first-order valence-corrected chi connectivity index (χ1v) is 8.41. The molecule has 6 nitrogen and oxygen atoms in total. The third-order valence-electron chi connectivity index (χ3n) is 3.10. The summed E-state index contributed by atoms with van der Waals surface area (Å²) in [5.74, 6) is -0.220. The molecule has 0 saturated heterocycles. The van der Waals surface area contributed by atoms with E-state index in [0.717, 1.165) is 11.1 Å². The van der Waals surface area contributed by atoms with Gasteiger partial charge in [-0.05, 0) is 36.8 Å². The Morgan fingerprint density at radius 3 is 2.26 bits per heavy atom. The van der Waals surface area contributed by atoms with Gasteiger partial charge in [0.05, 0.1) is 4.90 Å². The van der Waals surface area contributed by atoms with E-state index in [1.165, 1.54) is 24.3 Å². The van der Waals surface area contributed by atoms with Crippen LogP contribution in [0.2, 0.25) is 0 Å². The number of aryl methyl sites for hydroxylation is 1. The van der Waals surface area contributed by atoms with Crippen LogP contribution in [-0.2, 0) is 21.4 Å². The highest BCUT2D eigenvalue weighted by Crippen LogP contribution is 2.16. The lowest BCUT2D eigenvalue weighted by Crippen LogP contribution is -2.23. The molecule has 0 bridgehead atoms. The van der Waals surface area contributed by atoms with Gasteiger partial charge >= 0.3 is 0 Å². The molecule has 0 aliphatic carbocycles. The van der Waals surface area contributed by atoms with Crippen LogP contribution in [0.4, 0.5) is 0 Å². The molecule has 2 rings (SSSR count). The number of benzene rings is 2. The summed E-state index contributed by atoms with van der Waals surface area (Å²) in [6, 6.07) is 13.4. The molecule has 0 radical (unpaired) electrons. The Morgan fingerprint density at radius 1 is 1.09 bits per heavy atom. The molecule has 0 fully saturated rings. The van der Waals surface area contributed by atoms with Crippen LogP contribution in [0.3, 0.4) is 0 Å². The van der Waals surface area contributed by atoms with Gasteiger partial charge in [-0.3, -0.25) is 4.79 Å². The standard InChI is InChI=1S/C16H18N2O4S/c1-12-2-4-13(5-3-12)10-18-23(20,21)15-8-6-14(7-9-15)22-11-16(17)19/h2-9,18H,10-11H2,1H3,(H2,17,19). The average molecular weight is 334 g/mol. The number of ether oxygens (including phenoxy) is 1. The number of sulfonamides is 1. The molecule has 2 aromatic carbocycles. The Morgan fingerprint density at radius 2 is 1.70 bits per heavy atom. The van der Waals surface area contributed by atoms with Crippen LogP contribution in [0.25, 0.3) is 0 Å². The predicted octanol–water partition coefficient (Wildman–Crippen LogP) is 1.34. The first kappa shape index (κ1) is 17.0. The van der Waals surface area contributed by atoms with E-state index in [1.807, 2.05) is 31.2 Å². The van der Waals surface area contributed by atoms with Gasteiger partial charge in [-0.2, -0.15) is 0 Å². The minimum absolute atomic E-state index is 0.121. The summed E-state index contributed by atoms with van der Waals surface area (Å²) in [5, 5.41) is 0. The predicted molar refractivity (Wildman–Crippen MR) is 86.3 cm³/mol. The van der Waals surface area contributed by atoms with Crippen molar-refractivity contribution in [1.82, 2.24) is 4.72 Å². The lowest BCUT2D eigenvalue weighted by Gasteiger charge is -2.08. The third kappa shape index (κ3) is 5.08. The van der Waals surface area contributed by atoms with Crippen molar-refractivity contribution in [2.45, 2.75) is 18.4 Å². The first-order chi connectivity index (χ1) is 10.9. The topological polar surface area (TPSA) is 98.5 Å². The number of carbonyl (C=O) groups excluding carboxylic acids is 1. The smallest absolute Gasteiger partial charge is 0.255 e. The van der Waals surface area contributed by atoms with Crippen molar-refractivity contribution in [3.05, 3.63) is 59.7 Å². The SMILES string of the molecule is Cc1ccc(CNS(=O)(=O)c2ccc(OCC(N)=O)cc2)cc1. The summed E-state index contributed by atoms with van der Waals surface area (Å²) in [7, 11) is -3.61. The highest BCUT2D eigenvalue weighted by Gasteiger charge is 2.13. The fraction of sp³-hybridized carbons (Fsp3) is 0.188. The van der Waals surface area contributed by atoms with Crippen LogP contribution in [0.15, 0.2) is 53.4 Å². The second-order valence-electron chi connectivity index (χ2n) is 5.04. The summed E-state index contributed by atoms with van der Waals surface area (Å²) >= 11 is 0. The van der Waals surface area contributed by atoms with E-state index in [4.69, 9.17) is 10.5 Å². The maximum atomic E-state index is 12.2. The highest BCUT2D eigenvalue weighted by atomic mass is 32.2. The minimum atomic E-state index is -3.61. The monoisotopic (exact) mass is 334 g/mol. The maximum absolute atomic E-state index is 12.2. The number of rotatable bonds is 7. The zero-order valence-electron chi connectivity index (χ0n) is 12.7. The molecule has 3 N–H and O–H groups in total. The molecular formula is C16H18N2O4S. The van der Waals surface area contributed by atoms with E-state index < -0.39 is 15.9 Å². The molecule has 0 heterocycles. The zero-order chi connectivity index (χ0) is 16.9. The molecule has 0 unspecified atom stereocenters. The minimum Gasteiger partial charge on any atom is -0.484 e. The Hall–Kier alpha value is -2.38. The van der Waals surface area contributed by atoms with Crippen molar-refractivity contribution in [1.29, 1.82) is 0 Å². The van der Waals surface area contributed by atoms with E-state index >= 15 is 0 Å². The number of nitrogens with one attached hydrogen (secondary N) is 1. The fourth-order valence-electron chi connectivity index (χ4n) is 1.84. The van der Waals surface area contributed by atoms with Crippen molar-refractivity contribution in [2.24, 2.45) is 5.73 Å². The van der Waals surface area contributed by atoms with Gasteiger partial charge in [0.2, 0.25) is 10.0 Å². The van der Waals surface area contributed by atoms with Gasteiger partial charge in [0.25, 0.3) is 5.91 Å². The van der Waals surface area contributed by atoms with Crippen LogP contribution >= 0.6 is 0 Å². The largest absolute Gasteiger partial charge is 0.484 e. The lowest BCUT2D eigenvalue weighted by molar-refractivity contribution is -0.119. The molecule has 0 aliphatic rings. The van der Waals surface area contributed by atoms with E-state index in [-0.39, 0.29) is 18.0 Å². The summed E-state index contributed by atoms with van der Waals surface area (Å²) in [6.45, 7) is 1.93. The third-order valence-corrected chi connectivity index (χ3v) is 4.52. The second kappa shape index (κ2) is 7.26. The van der Waals surface area contributed by atoms with Crippen LogP contribution in [-0.4, -0.2) is 20.9 Å². The Kier molecular flexibility index (Phi) is 5.36. The molecule has 23 heavy (non-hydrogen) atoms. The van der Waals surface area contributed by atoms with E-state index in [9.17, 15) is 13.2 Å². The lowest BCUT2D eigenvalue weighted by atomic mass is 10.2. The van der Waals surface area contributed by atoms with Crippen LogP contribution in [0.1, 0.15) is 11.1 Å². The van der Waals surface area contributed by atoms with Crippen molar-refractivity contribution >= 4 is 15.9 Å². The van der Waals surface area contributed by atoms with Crippen molar-refractivity contribution in [2.75, 3.05) is 6.61 Å². The molecule has 7 heteroatoms. The van der Waals surface area contributed by atoms with Gasteiger partial charge in [0.15, 0.2) is 6.61 Å². The highest BCUT2D eigenvalue weighted by molar-refractivity contribution is 7.89. The molecule has 0 aromatic heterocycles. The van der Waals surface area contributed by atoms with Crippen molar-refractivity contribution in [3.8, 4) is 5.75 Å². The van der Waals surface area contributed by atoms with Gasteiger partial charge in [-0.15, -0.1) is 0 Å². The van der Waals surface area contributed by atoms with E-state index in [1.54, 1.807) is 0 Å². The number of nitrogens with two attached hydrogens (primary N) is 1. The second-order valence-corrected chi connectivity index (χ2v) is 6.80. The quantitative estimate of drug-likeness (QED) is 0.798. The van der Waals surface area contributed by atoms with Crippen LogP contribution < -0.4 is 15.2 Å². The number of carbonyl (C=O) groups is 1. The molecule has 0 saturated carbocycles. The van der Waals surface area contributed by atoms with E-state index in [2.05, 4.69) is 4.72 Å². The van der Waals surface area contributed by atoms with Crippen molar-refractivity contribution in [3.63, 3.8) is 0 Å². The number of hydrogen-bond donors (Lipinski definition) is 2. The van der Waals surface area contributed by atoms with Crippen LogP contribution in [0.5, 0.6) is 5.75 Å². The van der Waals surface area contributed by atoms with Gasteiger partial charge < -0.3 is 10.5 Å².